The number of methoxy groups -OCH3 is 1. The van der Waals surface area contributed by atoms with Crippen molar-refractivity contribution in [3.63, 3.8) is 0 Å². The minimum Gasteiger partial charge on any atom is -0.495 e. The van der Waals surface area contributed by atoms with Crippen molar-refractivity contribution in [1.29, 1.82) is 0 Å². The summed E-state index contributed by atoms with van der Waals surface area (Å²) in [5.41, 5.74) is 0.525. The van der Waals surface area contributed by atoms with Crippen LogP contribution in [0.1, 0.15) is 16.1 Å². The Hall–Kier alpha value is -1.59. The fraction of sp³-hybridized carbons (Fsp3) is 0.267. The van der Waals surface area contributed by atoms with Crippen LogP contribution in [0.25, 0.3) is 0 Å². The monoisotopic (exact) mass is 325 g/mol. The maximum absolute atomic E-state index is 11.9. The Morgan fingerprint density at radius 3 is 2.95 bits per heavy atom. The largest absolute Gasteiger partial charge is 0.495 e. The molecule has 0 aliphatic heterocycles. The number of nitrogens with one attached hydrogen (secondary N) is 1. The highest BCUT2D eigenvalue weighted by Gasteiger charge is 2.08. The molecule has 112 valence electrons. The minimum absolute atomic E-state index is 0.141. The van der Waals surface area contributed by atoms with Crippen LogP contribution in [0.4, 0.5) is 0 Å². The average molecular weight is 326 g/mol. The first-order chi connectivity index (χ1) is 10.2. The number of carbonyl (C=O) groups excluding carboxylic acids is 1. The van der Waals surface area contributed by atoms with Gasteiger partial charge in [-0.15, -0.1) is 0 Å². The van der Waals surface area contributed by atoms with Gasteiger partial charge in [0.05, 0.1) is 24.1 Å². The molecule has 0 spiro atoms. The van der Waals surface area contributed by atoms with Crippen molar-refractivity contribution < 1.29 is 13.9 Å². The second-order valence-corrected chi connectivity index (χ2v) is 5.75. The number of thioether (sulfide) groups is 1. The SMILES string of the molecule is COc1ccc(C(=O)NCCSCc2ccco2)cc1Cl. The molecule has 1 aromatic carbocycles. The molecule has 6 heteroatoms. The summed E-state index contributed by atoms with van der Waals surface area (Å²) in [5, 5.41) is 3.28. The summed E-state index contributed by atoms with van der Waals surface area (Å²) in [5.74, 6) is 2.97. The predicted octanol–water partition coefficient (Wildman–Crippen LogP) is 3.60. The molecule has 0 aliphatic rings. The Kier molecular flexibility index (Phi) is 6.02. The van der Waals surface area contributed by atoms with Crippen LogP contribution in [0.2, 0.25) is 5.02 Å². The third-order valence-corrected chi connectivity index (χ3v) is 4.05. The highest BCUT2D eigenvalue weighted by Crippen LogP contribution is 2.24. The third kappa shape index (κ3) is 4.72. The van der Waals surface area contributed by atoms with E-state index in [1.165, 1.54) is 7.11 Å². The van der Waals surface area contributed by atoms with E-state index in [2.05, 4.69) is 5.32 Å². The first-order valence-electron chi connectivity index (χ1n) is 6.42. The summed E-state index contributed by atoms with van der Waals surface area (Å²) in [6.45, 7) is 0.591. The van der Waals surface area contributed by atoms with E-state index in [4.69, 9.17) is 20.8 Å². The van der Waals surface area contributed by atoms with Crippen LogP contribution in [0.5, 0.6) is 5.75 Å². The van der Waals surface area contributed by atoms with Gasteiger partial charge in [-0.3, -0.25) is 4.79 Å². The van der Waals surface area contributed by atoms with E-state index in [0.717, 1.165) is 17.3 Å². The molecule has 0 saturated carbocycles. The lowest BCUT2D eigenvalue weighted by atomic mass is 10.2. The maximum Gasteiger partial charge on any atom is 0.251 e. The molecule has 0 fully saturated rings. The molecule has 2 aromatic rings. The van der Waals surface area contributed by atoms with Crippen LogP contribution >= 0.6 is 23.4 Å². The molecule has 21 heavy (non-hydrogen) atoms. The normalized spacial score (nSPS) is 10.4. The van der Waals surface area contributed by atoms with Crippen molar-refractivity contribution in [3.8, 4) is 5.75 Å². The van der Waals surface area contributed by atoms with Crippen LogP contribution in [0.3, 0.4) is 0 Å². The van der Waals surface area contributed by atoms with Gasteiger partial charge in [-0.1, -0.05) is 11.6 Å². The summed E-state index contributed by atoms with van der Waals surface area (Å²) < 4.78 is 10.3. The summed E-state index contributed by atoms with van der Waals surface area (Å²) in [4.78, 5) is 11.9. The topological polar surface area (TPSA) is 51.5 Å². The van der Waals surface area contributed by atoms with Crippen LogP contribution in [0, 0.1) is 0 Å². The number of halogens is 1. The van der Waals surface area contributed by atoms with Crippen LogP contribution in [-0.4, -0.2) is 25.3 Å². The van der Waals surface area contributed by atoms with E-state index < -0.39 is 0 Å². The molecule has 4 nitrogen and oxygen atoms in total. The Labute approximate surface area is 132 Å². The van der Waals surface area contributed by atoms with Gasteiger partial charge in [-0.25, -0.2) is 0 Å². The fourth-order valence-electron chi connectivity index (χ4n) is 1.71. The lowest BCUT2D eigenvalue weighted by molar-refractivity contribution is 0.0956. The Morgan fingerprint density at radius 2 is 2.29 bits per heavy atom. The predicted molar refractivity (Wildman–Crippen MR) is 85.2 cm³/mol. The van der Waals surface area contributed by atoms with E-state index in [9.17, 15) is 4.79 Å². The summed E-state index contributed by atoms with van der Waals surface area (Å²) in [6.07, 6.45) is 1.66. The lowest BCUT2D eigenvalue weighted by Crippen LogP contribution is -2.25. The van der Waals surface area contributed by atoms with Gasteiger partial charge in [0.15, 0.2) is 0 Å². The number of rotatable bonds is 7. The Morgan fingerprint density at radius 1 is 1.43 bits per heavy atom. The zero-order chi connectivity index (χ0) is 15.1. The molecule has 2 rings (SSSR count). The molecule has 0 unspecified atom stereocenters. The molecule has 1 amide bonds. The number of hydrogen-bond acceptors (Lipinski definition) is 4. The smallest absolute Gasteiger partial charge is 0.251 e. The van der Waals surface area contributed by atoms with Crippen LogP contribution in [-0.2, 0) is 5.75 Å². The maximum atomic E-state index is 11.9. The van der Waals surface area contributed by atoms with Crippen molar-refractivity contribution in [2.45, 2.75) is 5.75 Å². The summed E-state index contributed by atoms with van der Waals surface area (Å²) in [6, 6.07) is 8.78. The highest BCUT2D eigenvalue weighted by molar-refractivity contribution is 7.98. The minimum atomic E-state index is -0.141. The van der Waals surface area contributed by atoms with Crippen molar-refractivity contribution in [3.05, 3.63) is 52.9 Å². The number of amides is 1. The van der Waals surface area contributed by atoms with Crippen molar-refractivity contribution in [2.24, 2.45) is 0 Å². The molecular weight excluding hydrogens is 310 g/mol. The van der Waals surface area contributed by atoms with Crippen LogP contribution < -0.4 is 10.1 Å². The molecule has 1 heterocycles. The molecular formula is C15H16ClNO3S. The van der Waals surface area contributed by atoms with Gasteiger partial charge in [0.2, 0.25) is 0 Å². The number of carbonyl (C=O) groups is 1. The third-order valence-electron chi connectivity index (χ3n) is 2.77. The van der Waals surface area contributed by atoms with Gasteiger partial charge in [0.25, 0.3) is 5.91 Å². The van der Waals surface area contributed by atoms with E-state index >= 15 is 0 Å². The first kappa shape index (κ1) is 15.8. The van der Waals surface area contributed by atoms with Gasteiger partial charge in [-0.2, -0.15) is 11.8 Å². The molecule has 0 bridgehead atoms. The lowest BCUT2D eigenvalue weighted by Gasteiger charge is -2.07. The molecule has 1 aromatic heterocycles. The second kappa shape index (κ2) is 8.00. The van der Waals surface area contributed by atoms with Gasteiger partial charge in [0, 0.05) is 17.9 Å². The number of furan rings is 1. The zero-order valence-corrected chi connectivity index (χ0v) is 13.2. The summed E-state index contributed by atoms with van der Waals surface area (Å²) >= 11 is 7.70. The van der Waals surface area contributed by atoms with E-state index in [1.54, 1.807) is 36.2 Å². The van der Waals surface area contributed by atoms with Gasteiger partial charge < -0.3 is 14.5 Å². The quantitative estimate of drug-likeness (QED) is 0.790. The molecule has 0 atom stereocenters. The number of ether oxygens (including phenoxy) is 1. The van der Waals surface area contributed by atoms with E-state index in [1.807, 2.05) is 12.1 Å². The molecule has 0 radical (unpaired) electrons. The zero-order valence-electron chi connectivity index (χ0n) is 11.6. The Balaban J connectivity index is 1.73. The van der Waals surface area contributed by atoms with Gasteiger partial charge in [0.1, 0.15) is 11.5 Å². The molecule has 0 saturated heterocycles. The second-order valence-electron chi connectivity index (χ2n) is 4.24. The Bertz CT molecular complexity index is 587. The van der Waals surface area contributed by atoms with Gasteiger partial charge in [-0.05, 0) is 30.3 Å². The van der Waals surface area contributed by atoms with Crippen molar-refractivity contribution >= 4 is 29.3 Å². The summed E-state index contributed by atoms with van der Waals surface area (Å²) in [7, 11) is 1.54. The highest BCUT2D eigenvalue weighted by atomic mass is 35.5. The first-order valence-corrected chi connectivity index (χ1v) is 7.96. The standard InChI is InChI=1S/C15H16ClNO3S/c1-19-14-5-4-11(9-13(14)16)15(18)17-6-8-21-10-12-3-2-7-20-12/h2-5,7,9H,6,8,10H2,1H3,(H,17,18). The molecule has 1 N–H and O–H groups in total. The van der Waals surface area contributed by atoms with Gasteiger partial charge >= 0.3 is 0 Å². The van der Waals surface area contributed by atoms with Crippen molar-refractivity contribution in [1.82, 2.24) is 5.32 Å². The average Bonchev–Trinajstić information content (AvgIpc) is 3.00. The number of hydrogen-bond donors (Lipinski definition) is 1. The van der Waals surface area contributed by atoms with Crippen molar-refractivity contribution in [2.75, 3.05) is 19.4 Å². The fourth-order valence-corrected chi connectivity index (χ4v) is 2.73. The number of benzene rings is 1. The molecule has 0 aliphatic carbocycles. The van der Waals surface area contributed by atoms with Crippen LogP contribution in [0.15, 0.2) is 41.0 Å². The van der Waals surface area contributed by atoms with E-state index in [-0.39, 0.29) is 5.91 Å². The van der Waals surface area contributed by atoms with E-state index in [0.29, 0.717) is 22.9 Å².